The standard InChI is InChI=1S/C6H8N2O5S2/c7-4-1-2-5(15(11,12)13)6(3-4)14(8,9)10/h1-3H,7H2,(H2,8,9,10)(H,11,12,13). The average molecular weight is 252 g/mol. The van der Waals surface area contributed by atoms with Gasteiger partial charge in [0.25, 0.3) is 10.1 Å². The molecule has 0 spiro atoms. The first-order valence-corrected chi connectivity index (χ1v) is 6.51. The van der Waals surface area contributed by atoms with Gasteiger partial charge in [-0.15, -0.1) is 0 Å². The van der Waals surface area contributed by atoms with Crippen LogP contribution < -0.4 is 10.9 Å². The first-order chi connectivity index (χ1) is 6.62. The zero-order valence-corrected chi connectivity index (χ0v) is 8.92. The molecule has 7 nitrogen and oxygen atoms in total. The van der Waals surface area contributed by atoms with Crippen molar-refractivity contribution >= 4 is 25.8 Å². The SMILES string of the molecule is Nc1ccc(S(=O)(=O)O)c(S(N)(=O)=O)c1. The Labute approximate surface area is 86.5 Å². The number of hydrogen-bond acceptors (Lipinski definition) is 5. The van der Waals surface area contributed by atoms with E-state index in [9.17, 15) is 16.8 Å². The van der Waals surface area contributed by atoms with E-state index in [4.69, 9.17) is 15.4 Å². The van der Waals surface area contributed by atoms with Gasteiger partial charge in [-0.2, -0.15) is 8.42 Å². The summed E-state index contributed by atoms with van der Waals surface area (Å²) in [4.78, 5) is -1.52. The quantitative estimate of drug-likeness (QED) is 0.463. The molecular weight excluding hydrogens is 244 g/mol. The largest absolute Gasteiger partial charge is 0.399 e. The summed E-state index contributed by atoms with van der Waals surface area (Å²) in [6.45, 7) is 0. The fourth-order valence-electron chi connectivity index (χ4n) is 0.960. The van der Waals surface area contributed by atoms with Crippen LogP contribution in [-0.2, 0) is 20.1 Å². The van der Waals surface area contributed by atoms with Crippen molar-refractivity contribution in [2.75, 3.05) is 5.73 Å². The summed E-state index contributed by atoms with van der Waals surface area (Å²) < 4.78 is 52.3. The molecule has 5 N–H and O–H groups in total. The Bertz CT molecular complexity index is 590. The van der Waals surface area contributed by atoms with Crippen molar-refractivity contribution in [3.8, 4) is 0 Å². The predicted octanol–water partition coefficient (Wildman–Crippen LogP) is -0.837. The van der Waals surface area contributed by atoms with Crippen LogP contribution in [0.5, 0.6) is 0 Å². The van der Waals surface area contributed by atoms with Gasteiger partial charge in [-0.3, -0.25) is 4.55 Å². The smallest absolute Gasteiger partial charge is 0.295 e. The van der Waals surface area contributed by atoms with Crippen LogP contribution in [0.2, 0.25) is 0 Å². The van der Waals surface area contributed by atoms with Gasteiger partial charge in [-0.05, 0) is 18.2 Å². The van der Waals surface area contributed by atoms with Crippen LogP contribution in [0.25, 0.3) is 0 Å². The number of anilines is 1. The zero-order valence-electron chi connectivity index (χ0n) is 7.28. The molecule has 9 heteroatoms. The van der Waals surface area contributed by atoms with E-state index >= 15 is 0 Å². The lowest BCUT2D eigenvalue weighted by molar-refractivity contribution is 0.480. The van der Waals surface area contributed by atoms with Gasteiger partial charge in [0.2, 0.25) is 10.0 Å². The van der Waals surface area contributed by atoms with Crippen molar-refractivity contribution in [1.82, 2.24) is 0 Å². The van der Waals surface area contributed by atoms with Gasteiger partial charge in [0, 0.05) is 5.69 Å². The van der Waals surface area contributed by atoms with Crippen LogP contribution >= 0.6 is 0 Å². The molecule has 0 aliphatic heterocycles. The Hall–Kier alpha value is -1.16. The van der Waals surface area contributed by atoms with Crippen LogP contribution in [0.15, 0.2) is 28.0 Å². The number of hydrogen-bond donors (Lipinski definition) is 3. The highest BCUT2D eigenvalue weighted by molar-refractivity contribution is 7.91. The third-order valence-electron chi connectivity index (χ3n) is 1.55. The van der Waals surface area contributed by atoms with Crippen LogP contribution in [0, 0.1) is 0 Å². The second-order valence-electron chi connectivity index (χ2n) is 2.73. The lowest BCUT2D eigenvalue weighted by Gasteiger charge is -2.05. The van der Waals surface area contributed by atoms with Gasteiger partial charge in [0.1, 0.15) is 9.79 Å². The summed E-state index contributed by atoms with van der Waals surface area (Å²) in [5.74, 6) is 0. The number of primary sulfonamides is 1. The second kappa shape index (κ2) is 3.45. The molecule has 0 fully saturated rings. The first-order valence-electron chi connectivity index (χ1n) is 3.52. The van der Waals surface area contributed by atoms with Gasteiger partial charge in [-0.1, -0.05) is 0 Å². The molecule has 0 aliphatic rings. The van der Waals surface area contributed by atoms with Gasteiger partial charge in [0.05, 0.1) is 0 Å². The van der Waals surface area contributed by atoms with Gasteiger partial charge < -0.3 is 5.73 Å². The normalized spacial score (nSPS) is 12.7. The Kier molecular flexibility index (Phi) is 2.74. The molecule has 84 valence electrons. The highest BCUT2D eigenvalue weighted by atomic mass is 32.2. The minimum Gasteiger partial charge on any atom is -0.399 e. The molecule has 0 amide bonds. The number of rotatable bonds is 2. The van der Waals surface area contributed by atoms with Crippen molar-refractivity contribution in [1.29, 1.82) is 0 Å². The van der Waals surface area contributed by atoms with Crippen molar-refractivity contribution in [2.24, 2.45) is 5.14 Å². The van der Waals surface area contributed by atoms with Crippen molar-refractivity contribution in [3.05, 3.63) is 18.2 Å². The van der Waals surface area contributed by atoms with Crippen molar-refractivity contribution in [3.63, 3.8) is 0 Å². The Morgan fingerprint density at radius 3 is 2.00 bits per heavy atom. The average Bonchev–Trinajstić information content (AvgIpc) is 2.00. The van der Waals surface area contributed by atoms with Crippen LogP contribution in [0.1, 0.15) is 0 Å². The highest BCUT2D eigenvalue weighted by Crippen LogP contribution is 2.21. The summed E-state index contributed by atoms with van der Waals surface area (Å²) in [7, 11) is -8.91. The Morgan fingerprint density at radius 1 is 1.07 bits per heavy atom. The Balaban J connectivity index is 3.71. The monoisotopic (exact) mass is 252 g/mol. The molecule has 15 heavy (non-hydrogen) atoms. The molecule has 0 saturated heterocycles. The zero-order chi connectivity index (χ0) is 11.9. The van der Waals surface area contributed by atoms with Gasteiger partial charge in [-0.25, -0.2) is 13.6 Å². The summed E-state index contributed by atoms with van der Waals surface area (Å²) in [6.07, 6.45) is 0. The number of nitrogens with two attached hydrogens (primary N) is 2. The van der Waals surface area contributed by atoms with Gasteiger partial charge >= 0.3 is 0 Å². The summed E-state index contributed by atoms with van der Waals surface area (Å²) in [6, 6.07) is 2.86. The third kappa shape index (κ3) is 2.65. The summed E-state index contributed by atoms with van der Waals surface area (Å²) >= 11 is 0. The number of sulfonamides is 1. The molecule has 1 aromatic carbocycles. The number of nitrogen functional groups attached to an aromatic ring is 1. The van der Waals surface area contributed by atoms with E-state index in [1.54, 1.807) is 0 Å². The lowest BCUT2D eigenvalue weighted by Crippen LogP contribution is -2.16. The molecular formula is C6H8N2O5S2. The van der Waals surface area contributed by atoms with Gasteiger partial charge in [0.15, 0.2) is 0 Å². The molecule has 0 saturated carbocycles. The molecule has 1 aromatic rings. The molecule has 0 aromatic heterocycles. The summed E-state index contributed by atoms with van der Waals surface area (Å²) in [5, 5.41) is 4.76. The van der Waals surface area contributed by atoms with Crippen LogP contribution in [0.4, 0.5) is 5.69 Å². The van der Waals surface area contributed by atoms with Crippen LogP contribution in [-0.4, -0.2) is 21.4 Å². The van der Waals surface area contributed by atoms with E-state index in [-0.39, 0.29) is 5.69 Å². The molecule has 1 rings (SSSR count). The molecule has 0 atom stereocenters. The van der Waals surface area contributed by atoms with E-state index in [2.05, 4.69) is 0 Å². The molecule has 0 heterocycles. The lowest BCUT2D eigenvalue weighted by atomic mass is 10.3. The van der Waals surface area contributed by atoms with E-state index in [0.29, 0.717) is 0 Å². The maximum absolute atomic E-state index is 11.0. The second-order valence-corrected chi connectivity index (χ2v) is 5.65. The fourth-order valence-corrected chi connectivity index (χ4v) is 2.83. The number of benzene rings is 1. The predicted molar refractivity (Wildman–Crippen MR) is 52.0 cm³/mol. The molecule has 0 aliphatic carbocycles. The van der Waals surface area contributed by atoms with E-state index in [1.807, 2.05) is 0 Å². The van der Waals surface area contributed by atoms with E-state index in [0.717, 1.165) is 18.2 Å². The first kappa shape index (κ1) is 11.9. The molecule has 0 bridgehead atoms. The Morgan fingerprint density at radius 2 is 1.60 bits per heavy atom. The maximum Gasteiger partial charge on any atom is 0.295 e. The molecule has 0 radical (unpaired) electrons. The highest BCUT2D eigenvalue weighted by Gasteiger charge is 2.22. The van der Waals surface area contributed by atoms with Crippen molar-refractivity contribution in [2.45, 2.75) is 9.79 Å². The van der Waals surface area contributed by atoms with Crippen molar-refractivity contribution < 1.29 is 21.4 Å². The summed E-state index contributed by atoms with van der Waals surface area (Å²) in [5.41, 5.74) is 5.29. The fraction of sp³-hybridized carbons (Fsp3) is 0. The topological polar surface area (TPSA) is 141 Å². The minimum atomic E-state index is -4.65. The minimum absolute atomic E-state index is 0.0198. The van der Waals surface area contributed by atoms with E-state index in [1.165, 1.54) is 0 Å². The van der Waals surface area contributed by atoms with E-state index < -0.39 is 29.9 Å². The molecule has 0 unspecified atom stereocenters. The third-order valence-corrected chi connectivity index (χ3v) is 3.54. The maximum atomic E-state index is 11.0. The van der Waals surface area contributed by atoms with Crippen LogP contribution in [0.3, 0.4) is 0 Å².